The molecule has 3 rings (SSSR count). The second-order valence-electron chi connectivity index (χ2n) is 5.27. The van der Waals surface area contributed by atoms with Crippen LogP contribution < -0.4 is 0 Å². The molecule has 1 aromatic heterocycles. The van der Waals surface area contributed by atoms with Crippen molar-refractivity contribution < 1.29 is 21.9 Å². The van der Waals surface area contributed by atoms with Gasteiger partial charge in [0, 0.05) is 11.5 Å². The predicted molar refractivity (Wildman–Crippen MR) is 78.2 cm³/mol. The summed E-state index contributed by atoms with van der Waals surface area (Å²) in [6, 6.07) is 6.80. The van der Waals surface area contributed by atoms with Crippen LogP contribution in [0.5, 0.6) is 0 Å². The Morgan fingerprint density at radius 3 is 2.73 bits per heavy atom. The third kappa shape index (κ3) is 2.95. The Morgan fingerprint density at radius 1 is 1.32 bits per heavy atom. The van der Waals surface area contributed by atoms with Gasteiger partial charge in [0.15, 0.2) is 11.5 Å². The van der Waals surface area contributed by atoms with Crippen molar-refractivity contribution in [3.05, 3.63) is 52.9 Å². The van der Waals surface area contributed by atoms with Gasteiger partial charge in [0.05, 0.1) is 17.9 Å². The normalized spacial score (nSPS) is 15.9. The van der Waals surface area contributed by atoms with Crippen LogP contribution in [0.25, 0.3) is 0 Å². The summed E-state index contributed by atoms with van der Waals surface area (Å²) in [6.45, 7) is 1.59. The fraction of sp³-hybridized carbons (Fsp3) is 0.333. The smallest absolute Gasteiger partial charge is 0.257 e. The van der Waals surface area contributed by atoms with Gasteiger partial charge in [-0.3, -0.25) is 8.98 Å². The SMILES string of the molecule is CC(O[SH](=O)=O)c1ccccc1C(=O)c1cnoc1C1CC1. The number of ketones is 1. The maximum absolute atomic E-state index is 12.8. The average molecular weight is 321 g/mol. The minimum absolute atomic E-state index is 0.227. The van der Waals surface area contributed by atoms with Crippen LogP contribution in [0.4, 0.5) is 0 Å². The molecule has 0 N–H and O–H groups in total. The van der Waals surface area contributed by atoms with Crippen molar-refractivity contribution in [3.8, 4) is 0 Å². The highest BCUT2D eigenvalue weighted by atomic mass is 32.2. The van der Waals surface area contributed by atoms with E-state index in [-0.39, 0.29) is 11.7 Å². The van der Waals surface area contributed by atoms with Crippen molar-refractivity contribution >= 4 is 16.8 Å². The van der Waals surface area contributed by atoms with E-state index >= 15 is 0 Å². The summed E-state index contributed by atoms with van der Waals surface area (Å²) in [7, 11) is -2.99. The molecule has 7 heteroatoms. The molecule has 0 spiro atoms. The predicted octanol–water partition coefficient (Wildman–Crippen LogP) is 2.39. The lowest BCUT2D eigenvalue weighted by Crippen LogP contribution is -2.10. The largest absolute Gasteiger partial charge is 0.360 e. The topological polar surface area (TPSA) is 86.5 Å². The fourth-order valence-electron chi connectivity index (χ4n) is 2.45. The molecule has 2 aromatic rings. The number of benzene rings is 1. The molecule has 1 aliphatic carbocycles. The van der Waals surface area contributed by atoms with Gasteiger partial charge in [-0.05, 0) is 25.3 Å². The van der Waals surface area contributed by atoms with E-state index in [2.05, 4.69) is 5.16 Å². The molecule has 22 heavy (non-hydrogen) atoms. The zero-order chi connectivity index (χ0) is 15.7. The number of carbonyl (C=O) groups excluding carboxylic acids is 1. The quantitative estimate of drug-likeness (QED) is 0.649. The monoisotopic (exact) mass is 321 g/mol. The minimum Gasteiger partial charge on any atom is -0.360 e. The zero-order valence-corrected chi connectivity index (χ0v) is 12.8. The average Bonchev–Trinajstić information content (AvgIpc) is 3.23. The Balaban J connectivity index is 1.97. The van der Waals surface area contributed by atoms with Crippen LogP contribution in [0.15, 0.2) is 35.0 Å². The van der Waals surface area contributed by atoms with E-state index in [0.29, 0.717) is 22.5 Å². The number of hydrogen-bond acceptors (Lipinski definition) is 6. The zero-order valence-electron chi connectivity index (χ0n) is 11.9. The second kappa shape index (κ2) is 6.02. The van der Waals surface area contributed by atoms with E-state index < -0.39 is 17.1 Å². The van der Waals surface area contributed by atoms with E-state index in [1.54, 1.807) is 31.2 Å². The van der Waals surface area contributed by atoms with Gasteiger partial charge in [-0.2, -0.15) is 0 Å². The number of nitrogens with zero attached hydrogens (tertiary/aromatic N) is 1. The van der Waals surface area contributed by atoms with Gasteiger partial charge in [-0.25, -0.2) is 8.42 Å². The Kier molecular flexibility index (Phi) is 4.08. The lowest BCUT2D eigenvalue weighted by Gasteiger charge is -2.13. The third-order valence-electron chi connectivity index (χ3n) is 3.68. The summed E-state index contributed by atoms with van der Waals surface area (Å²) < 4.78 is 31.5. The molecule has 6 nitrogen and oxygen atoms in total. The Morgan fingerprint density at radius 2 is 2.05 bits per heavy atom. The Bertz CT molecular complexity index is 768. The van der Waals surface area contributed by atoms with Crippen LogP contribution in [0.2, 0.25) is 0 Å². The van der Waals surface area contributed by atoms with Gasteiger partial charge in [-0.15, -0.1) is 0 Å². The van der Waals surface area contributed by atoms with Crippen molar-refractivity contribution in [2.45, 2.75) is 31.8 Å². The molecule has 0 aliphatic heterocycles. The van der Waals surface area contributed by atoms with Gasteiger partial charge in [-0.1, -0.05) is 29.4 Å². The second-order valence-corrected chi connectivity index (χ2v) is 5.92. The number of aromatic nitrogens is 1. The molecular formula is C15H15NO5S. The van der Waals surface area contributed by atoms with Crippen LogP contribution in [0, 0.1) is 0 Å². The first-order chi connectivity index (χ1) is 10.6. The third-order valence-corrected chi connectivity index (χ3v) is 4.17. The Labute approximate surface area is 129 Å². The van der Waals surface area contributed by atoms with Crippen LogP contribution in [0.3, 0.4) is 0 Å². The van der Waals surface area contributed by atoms with Crippen molar-refractivity contribution in [1.29, 1.82) is 0 Å². The molecule has 0 radical (unpaired) electrons. The van der Waals surface area contributed by atoms with E-state index in [9.17, 15) is 13.2 Å². The van der Waals surface area contributed by atoms with E-state index in [1.165, 1.54) is 6.20 Å². The first-order valence-electron chi connectivity index (χ1n) is 6.97. The molecule has 1 unspecified atom stereocenters. The standard InChI is InChI=1S/C15H15NO5S/c1-9(21-22(18)19)11-4-2-3-5-12(11)14(17)13-8-16-20-15(13)10-6-7-10/h2-5,8-10,22H,6-7H2,1H3. The first kappa shape index (κ1) is 14.9. The molecule has 116 valence electrons. The summed E-state index contributed by atoms with van der Waals surface area (Å²) in [4.78, 5) is 12.8. The summed E-state index contributed by atoms with van der Waals surface area (Å²) >= 11 is 0. The summed E-state index contributed by atoms with van der Waals surface area (Å²) in [5, 5.41) is 3.73. The number of thiol groups is 1. The molecule has 1 fully saturated rings. The van der Waals surface area contributed by atoms with Gasteiger partial charge in [0.25, 0.3) is 11.0 Å². The molecule has 0 saturated heterocycles. The van der Waals surface area contributed by atoms with E-state index in [4.69, 9.17) is 8.71 Å². The number of rotatable bonds is 6. The summed E-state index contributed by atoms with van der Waals surface area (Å²) in [6.07, 6.45) is 2.68. The van der Waals surface area contributed by atoms with Crippen molar-refractivity contribution in [2.75, 3.05) is 0 Å². The molecule has 1 heterocycles. The maximum Gasteiger partial charge on any atom is 0.257 e. The van der Waals surface area contributed by atoms with Gasteiger partial charge < -0.3 is 4.52 Å². The lowest BCUT2D eigenvalue weighted by atomic mass is 9.95. The Hall–Kier alpha value is -1.99. The summed E-state index contributed by atoms with van der Waals surface area (Å²) in [5.41, 5.74) is 1.36. The van der Waals surface area contributed by atoms with Crippen molar-refractivity contribution in [3.63, 3.8) is 0 Å². The number of hydrogen-bond donors (Lipinski definition) is 1. The van der Waals surface area contributed by atoms with E-state index in [0.717, 1.165) is 12.8 Å². The minimum atomic E-state index is -2.99. The first-order valence-corrected chi connectivity index (χ1v) is 8.07. The van der Waals surface area contributed by atoms with E-state index in [1.807, 2.05) is 0 Å². The van der Waals surface area contributed by atoms with Crippen molar-refractivity contribution in [1.82, 2.24) is 5.16 Å². The highest BCUT2D eigenvalue weighted by Gasteiger charge is 2.33. The maximum atomic E-state index is 12.8. The fourth-order valence-corrected chi connectivity index (χ4v) is 2.82. The van der Waals surface area contributed by atoms with Gasteiger partial charge in [0.2, 0.25) is 0 Å². The summed E-state index contributed by atoms with van der Waals surface area (Å²) in [5.74, 6) is 0.650. The lowest BCUT2D eigenvalue weighted by molar-refractivity contribution is 0.103. The molecule has 1 atom stereocenters. The van der Waals surface area contributed by atoms with Crippen LogP contribution in [-0.4, -0.2) is 19.4 Å². The van der Waals surface area contributed by atoms with Crippen molar-refractivity contribution in [2.24, 2.45) is 0 Å². The van der Waals surface area contributed by atoms with Crippen LogP contribution in [-0.2, 0) is 15.2 Å². The molecule has 1 saturated carbocycles. The molecule has 0 amide bonds. The van der Waals surface area contributed by atoms with Gasteiger partial charge >= 0.3 is 0 Å². The van der Waals surface area contributed by atoms with Crippen LogP contribution in [0.1, 0.15) is 59.0 Å². The number of carbonyl (C=O) groups is 1. The molecule has 1 aliphatic rings. The molecule has 1 aromatic carbocycles. The van der Waals surface area contributed by atoms with Gasteiger partial charge in [0.1, 0.15) is 0 Å². The highest BCUT2D eigenvalue weighted by molar-refractivity contribution is 7.67. The highest BCUT2D eigenvalue weighted by Crippen LogP contribution is 2.42. The molecular weight excluding hydrogens is 306 g/mol. The molecule has 0 bridgehead atoms. The van der Waals surface area contributed by atoms with Crippen LogP contribution >= 0.6 is 0 Å².